The molecule has 4 nitrogen and oxygen atoms in total. The van der Waals surface area contributed by atoms with E-state index in [0.717, 1.165) is 17.8 Å². The van der Waals surface area contributed by atoms with Gasteiger partial charge in [-0.25, -0.2) is 9.78 Å². The summed E-state index contributed by atoms with van der Waals surface area (Å²) in [5.74, 6) is -0.728. The Morgan fingerprint density at radius 3 is 2.67 bits per heavy atom. The summed E-state index contributed by atoms with van der Waals surface area (Å²) in [5, 5.41) is 9.88. The summed E-state index contributed by atoms with van der Waals surface area (Å²) in [6, 6.07) is 0. The summed E-state index contributed by atoms with van der Waals surface area (Å²) >= 11 is 1.27. The maximum atomic E-state index is 11.0. The van der Waals surface area contributed by atoms with Gasteiger partial charge in [-0.15, -0.1) is 11.3 Å². The number of hydrogen-bond acceptors (Lipinski definition) is 4. The topological polar surface area (TPSA) is 76.2 Å². The molecule has 0 spiro atoms. The first-order chi connectivity index (χ1) is 7.06. The molecule has 0 aliphatic heterocycles. The SMILES string of the molecule is CC(C)c1nc(CCCN)sc1C(=O)O. The molecule has 0 bridgehead atoms. The molecule has 0 aliphatic rings. The molecular formula is C10H16N2O2S. The van der Waals surface area contributed by atoms with Crippen LogP contribution in [-0.4, -0.2) is 22.6 Å². The first kappa shape index (κ1) is 12.1. The lowest BCUT2D eigenvalue weighted by molar-refractivity contribution is 0.0700. The van der Waals surface area contributed by atoms with Crippen LogP contribution in [0.3, 0.4) is 0 Å². The average molecular weight is 228 g/mol. The van der Waals surface area contributed by atoms with Gasteiger partial charge in [-0.1, -0.05) is 13.8 Å². The molecule has 0 fully saturated rings. The Morgan fingerprint density at radius 2 is 2.27 bits per heavy atom. The molecule has 0 saturated heterocycles. The van der Waals surface area contributed by atoms with Crippen molar-refractivity contribution in [1.29, 1.82) is 0 Å². The number of carboxylic acid groups (broad SMARTS) is 1. The Balaban J connectivity index is 2.93. The third kappa shape index (κ3) is 3.00. The van der Waals surface area contributed by atoms with Crippen LogP contribution in [0.25, 0.3) is 0 Å². The van der Waals surface area contributed by atoms with Crippen LogP contribution in [0.5, 0.6) is 0 Å². The molecule has 1 rings (SSSR count). The predicted octanol–water partition coefficient (Wildman–Crippen LogP) is 1.86. The van der Waals surface area contributed by atoms with Crippen molar-refractivity contribution in [3.8, 4) is 0 Å². The molecule has 1 aromatic heterocycles. The number of nitrogens with two attached hydrogens (primary N) is 1. The summed E-state index contributed by atoms with van der Waals surface area (Å²) in [6.07, 6.45) is 1.62. The zero-order valence-electron chi connectivity index (χ0n) is 8.99. The summed E-state index contributed by atoms with van der Waals surface area (Å²) in [7, 11) is 0. The van der Waals surface area contributed by atoms with Gasteiger partial charge >= 0.3 is 5.97 Å². The maximum absolute atomic E-state index is 11.0. The van der Waals surface area contributed by atoms with E-state index < -0.39 is 5.97 Å². The smallest absolute Gasteiger partial charge is 0.347 e. The van der Waals surface area contributed by atoms with E-state index in [1.807, 2.05) is 13.8 Å². The molecule has 0 radical (unpaired) electrons. The highest BCUT2D eigenvalue weighted by atomic mass is 32.1. The highest BCUT2D eigenvalue weighted by molar-refractivity contribution is 7.13. The normalized spacial score (nSPS) is 10.9. The first-order valence-corrected chi connectivity index (χ1v) is 5.80. The number of carbonyl (C=O) groups is 1. The number of aromatic carboxylic acids is 1. The third-order valence-corrected chi connectivity index (χ3v) is 3.15. The van der Waals surface area contributed by atoms with Crippen molar-refractivity contribution in [2.24, 2.45) is 5.73 Å². The molecular weight excluding hydrogens is 212 g/mol. The Hall–Kier alpha value is -0.940. The van der Waals surface area contributed by atoms with Crippen molar-refractivity contribution >= 4 is 17.3 Å². The highest BCUT2D eigenvalue weighted by Crippen LogP contribution is 2.25. The molecule has 84 valence electrons. The average Bonchev–Trinajstić information content (AvgIpc) is 2.58. The van der Waals surface area contributed by atoms with Gasteiger partial charge in [-0.05, 0) is 18.9 Å². The monoisotopic (exact) mass is 228 g/mol. The second-order valence-corrected chi connectivity index (χ2v) is 4.76. The van der Waals surface area contributed by atoms with E-state index in [1.165, 1.54) is 11.3 Å². The summed E-state index contributed by atoms with van der Waals surface area (Å²) < 4.78 is 0. The van der Waals surface area contributed by atoms with Crippen LogP contribution >= 0.6 is 11.3 Å². The van der Waals surface area contributed by atoms with Crippen LogP contribution in [0.15, 0.2) is 0 Å². The van der Waals surface area contributed by atoms with Crippen molar-refractivity contribution in [3.05, 3.63) is 15.6 Å². The molecule has 0 atom stereocenters. The minimum Gasteiger partial charge on any atom is -0.477 e. The Morgan fingerprint density at radius 1 is 1.60 bits per heavy atom. The summed E-state index contributed by atoms with van der Waals surface area (Å²) in [5.41, 5.74) is 6.10. The van der Waals surface area contributed by atoms with E-state index in [1.54, 1.807) is 0 Å². The zero-order valence-corrected chi connectivity index (χ0v) is 9.80. The van der Waals surface area contributed by atoms with E-state index in [-0.39, 0.29) is 5.92 Å². The quantitative estimate of drug-likeness (QED) is 0.806. The lowest BCUT2D eigenvalue weighted by Gasteiger charge is -2.00. The largest absolute Gasteiger partial charge is 0.477 e. The van der Waals surface area contributed by atoms with Gasteiger partial charge in [0.05, 0.1) is 10.7 Å². The highest BCUT2D eigenvalue weighted by Gasteiger charge is 2.18. The van der Waals surface area contributed by atoms with Gasteiger partial charge in [0.25, 0.3) is 0 Å². The van der Waals surface area contributed by atoms with Crippen molar-refractivity contribution < 1.29 is 9.90 Å². The second kappa shape index (κ2) is 5.23. The van der Waals surface area contributed by atoms with Crippen LogP contribution in [-0.2, 0) is 6.42 Å². The van der Waals surface area contributed by atoms with Crippen LogP contribution in [0, 0.1) is 0 Å². The fourth-order valence-corrected chi connectivity index (χ4v) is 2.38. The maximum Gasteiger partial charge on any atom is 0.347 e. The second-order valence-electron chi connectivity index (χ2n) is 3.67. The van der Waals surface area contributed by atoms with Crippen molar-refractivity contribution in [3.63, 3.8) is 0 Å². The molecule has 0 aliphatic carbocycles. The number of aromatic nitrogens is 1. The van der Waals surface area contributed by atoms with Crippen molar-refractivity contribution in [2.45, 2.75) is 32.6 Å². The predicted molar refractivity (Wildman–Crippen MR) is 60.5 cm³/mol. The van der Waals surface area contributed by atoms with E-state index in [0.29, 0.717) is 17.1 Å². The fraction of sp³-hybridized carbons (Fsp3) is 0.600. The lowest BCUT2D eigenvalue weighted by atomic mass is 10.1. The van der Waals surface area contributed by atoms with Crippen molar-refractivity contribution in [1.82, 2.24) is 4.98 Å². The third-order valence-electron chi connectivity index (χ3n) is 2.03. The van der Waals surface area contributed by atoms with Gasteiger partial charge in [-0.3, -0.25) is 0 Å². The molecule has 15 heavy (non-hydrogen) atoms. The van der Waals surface area contributed by atoms with Crippen LogP contribution < -0.4 is 5.73 Å². The Kier molecular flexibility index (Phi) is 4.23. The summed E-state index contributed by atoms with van der Waals surface area (Å²) in [4.78, 5) is 15.7. The van der Waals surface area contributed by atoms with E-state index in [2.05, 4.69) is 4.98 Å². The number of nitrogens with zero attached hydrogens (tertiary/aromatic N) is 1. The number of rotatable bonds is 5. The lowest BCUT2D eigenvalue weighted by Crippen LogP contribution is -2.01. The van der Waals surface area contributed by atoms with E-state index >= 15 is 0 Å². The molecule has 0 amide bonds. The van der Waals surface area contributed by atoms with Gasteiger partial charge in [0, 0.05) is 6.42 Å². The number of hydrogen-bond donors (Lipinski definition) is 2. The molecule has 1 aromatic rings. The van der Waals surface area contributed by atoms with Crippen LogP contribution in [0.2, 0.25) is 0 Å². The van der Waals surface area contributed by atoms with E-state index in [9.17, 15) is 4.79 Å². The molecule has 5 heteroatoms. The molecule has 3 N–H and O–H groups in total. The number of aryl methyl sites for hydroxylation is 1. The van der Waals surface area contributed by atoms with Crippen LogP contribution in [0.1, 0.15) is 46.6 Å². The van der Waals surface area contributed by atoms with Gasteiger partial charge < -0.3 is 10.8 Å². The Bertz CT molecular complexity index is 347. The van der Waals surface area contributed by atoms with Crippen LogP contribution in [0.4, 0.5) is 0 Å². The fourth-order valence-electron chi connectivity index (χ4n) is 1.28. The summed E-state index contributed by atoms with van der Waals surface area (Å²) in [6.45, 7) is 4.52. The van der Waals surface area contributed by atoms with Gasteiger partial charge in [-0.2, -0.15) is 0 Å². The Labute approximate surface area is 93.1 Å². The zero-order chi connectivity index (χ0) is 11.4. The molecule has 0 unspecified atom stereocenters. The van der Waals surface area contributed by atoms with Gasteiger partial charge in [0.2, 0.25) is 0 Å². The number of thiazole rings is 1. The number of carboxylic acids is 1. The van der Waals surface area contributed by atoms with Crippen molar-refractivity contribution in [2.75, 3.05) is 6.54 Å². The molecule has 0 aromatic carbocycles. The molecule has 0 saturated carbocycles. The molecule has 1 heterocycles. The minimum absolute atomic E-state index is 0.152. The minimum atomic E-state index is -0.879. The van der Waals surface area contributed by atoms with E-state index in [4.69, 9.17) is 10.8 Å². The van der Waals surface area contributed by atoms with Gasteiger partial charge in [0.15, 0.2) is 0 Å². The first-order valence-electron chi connectivity index (χ1n) is 4.99. The standard InChI is InChI=1S/C10H16N2O2S/c1-6(2)8-9(10(13)14)15-7(12-8)4-3-5-11/h6H,3-5,11H2,1-2H3,(H,13,14). The van der Waals surface area contributed by atoms with Gasteiger partial charge in [0.1, 0.15) is 4.88 Å².